The molecule has 14 heavy (non-hydrogen) atoms. The van der Waals surface area contributed by atoms with E-state index < -0.39 is 0 Å². The maximum Gasteiger partial charge on any atom is 0.181 e. The first-order valence-electron chi connectivity index (χ1n) is 4.72. The van der Waals surface area contributed by atoms with Gasteiger partial charge < -0.3 is 5.32 Å². The topological polar surface area (TPSA) is 42.2 Å². The van der Waals surface area contributed by atoms with E-state index in [1.54, 1.807) is 6.33 Å². The fourth-order valence-corrected chi connectivity index (χ4v) is 1.38. The SMILES string of the molecule is CNc1ncn2cc(C(C)C)cnc12. The zero-order valence-corrected chi connectivity index (χ0v) is 8.65. The van der Waals surface area contributed by atoms with Gasteiger partial charge in [-0.15, -0.1) is 0 Å². The standard InChI is InChI=1S/C10H14N4/c1-7(2)8-4-12-10-9(11-3)13-6-14(10)5-8/h4-7,11H,1-3H3. The van der Waals surface area contributed by atoms with E-state index in [-0.39, 0.29) is 0 Å². The fourth-order valence-electron chi connectivity index (χ4n) is 1.38. The molecule has 0 fully saturated rings. The molecule has 2 aromatic rings. The second-order valence-electron chi connectivity index (χ2n) is 3.62. The van der Waals surface area contributed by atoms with Crippen molar-refractivity contribution in [1.82, 2.24) is 14.4 Å². The van der Waals surface area contributed by atoms with Crippen LogP contribution in [0.25, 0.3) is 5.65 Å². The molecule has 2 rings (SSSR count). The summed E-state index contributed by atoms with van der Waals surface area (Å²) in [5.41, 5.74) is 2.09. The van der Waals surface area contributed by atoms with E-state index in [1.807, 2.05) is 17.6 Å². The summed E-state index contributed by atoms with van der Waals surface area (Å²) < 4.78 is 1.95. The summed E-state index contributed by atoms with van der Waals surface area (Å²) >= 11 is 0. The van der Waals surface area contributed by atoms with Gasteiger partial charge >= 0.3 is 0 Å². The van der Waals surface area contributed by atoms with E-state index in [0.29, 0.717) is 5.92 Å². The maximum atomic E-state index is 4.37. The van der Waals surface area contributed by atoms with E-state index >= 15 is 0 Å². The molecule has 0 amide bonds. The summed E-state index contributed by atoms with van der Waals surface area (Å²) in [7, 11) is 1.85. The molecule has 0 aliphatic heterocycles. The molecule has 0 saturated carbocycles. The van der Waals surface area contributed by atoms with E-state index in [9.17, 15) is 0 Å². The first-order chi connectivity index (χ1) is 6.72. The van der Waals surface area contributed by atoms with E-state index in [4.69, 9.17) is 0 Å². The smallest absolute Gasteiger partial charge is 0.181 e. The zero-order chi connectivity index (χ0) is 10.1. The minimum absolute atomic E-state index is 0.493. The number of imidazole rings is 1. The Bertz CT molecular complexity index is 444. The predicted molar refractivity (Wildman–Crippen MR) is 56.6 cm³/mol. The number of aromatic nitrogens is 3. The number of hydrogen-bond donors (Lipinski definition) is 1. The van der Waals surface area contributed by atoms with Gasteiger partial charge in [0.05, 0.1) is 0 Å². The number of fused-ring (bicyclic) bond motifs is 1. The summed E-state index contributed by atoms with van der Waals surface area (Å²) in [6, 6.07) is 0. The highest BCUT2D eigenvalue weighted by atomic mass is 15.1. The molecule has 0 aliphatic rings. The van der Waals surface area contributed by atoms with E-state index in [0.717, 1.165) is 11.5 Å². The van der Waals surface area contributed by atoms with Gasteiger partial charge in [-0.1, -0.05) is 13.8 Å². The third-order valence-electron chi connectivity index (χ3n) is 2.30. The van der Waals surface area contributed by atoms with Gasteiger partial charge in [-0.25, -0.2) is 9.97 Å². The number of rotatable bonds is 2. The molecule has 74 valence electrons. The van der Waals surface area contributed by atoms with Crippen molar-refractivity contribution in [2.75, 3.05) is 12.4 Å². The average molecular weight is 190 g/mol. The molecule has 0 saturated heterocycles. The molecule has 1 N–H and O–H groups in total. The maximum absolute atomic E-state index is 4.37. The molecular weight excluding hydrogens is 176 g/mol. The molecule has 0 aromatic carbocycles. The molecule has 0 unspecified atom stereocenters. The van der Waals surface area contributed by atoms with Crippen LogP contribution in [-0.2, 0) is 0 Å². The van der Waals surface area contributed by atoms with Crippen molar-refractivity contribution in [2.45, 2.75) is 19.8 Å². The lowest BCUT2D eigenvalue weighted by Gasteiger charge is -2.04. The molecule has 0 aliphatic carbocycles. The fraction of sp³-hybridized carbons (Fsp3) is 0.400. The molecular formula is C10H14N4. The summed E-state index contributed by atoms with van der Waals surface area (Å²) in [5.74, 6) is 1.31. The number of anilines is 1. The Morgan fingerprint density at radius 1 is 1.36 bits per heavy atom. The molecule has 4 heteroatoms. The Balaban J connectivity index is 2.57. The lowest BCUT2D eigenvalue weighted by Crippen LogP contribution is -1.96. The van der Waals surface area contributed by atoms with Crippen LogP contribution in [0.4, 0.5) is 5.82 Å². The highest BCUT2D eigenvalue weighted by molar-refractivity contribution is 5.62. The quantitative estimate of drug-likeness (QED) is 0.786. The van der Waals surface area contributed by atoms with Crippen LogP contribution in [0.1, 0.15) is 25.3 Å². The molecule has 4 nitrogen and oxygen atoms in total. The van der Waals surface area contributed by atoms with Gasteiger partial charge in [-0.05, 0) is 11.5 Å². The third kappa shape index (κ3) is 1.32. The van der Waals surface area contributed by atoms with Crippen LogP contribution < -0.4 is 5.32 Å². The van der Waals surface area contributed by atoms with Gasteiger partial charge in [0.25, 0.3) is 0 Å². The van der Waals surface area contributed by atoms with Crippen LogP contribution in [0.3, 0.4) is 0 Å². The van der Waals surface area contributed by atoms with Crippen LogP contribution in [0.5, 0.6) is 0 Å². The Morgan fingerprint density at radius 3 is 2.79 bits per heavy atom. The van der Waals surface area contributed by atoms with Crippen molar-refractivity contribution in [1.29, 1.82) is 0 Å². The zero-order valence-electron chi connectivity index (χ0n) is 8.65. The Hall–Kier alpha value is -1.58. The minimum atomic E-state index is 0.493. The normalized spacial score (nSPS) is 11.1. The van der Waals surface area contributed by atoms with Crippen LogP contribution in [0, 0.1) is 0 Å². The van der Waals surface area contributed by atoms with Crippen molar-refractivity contribution >= 4 is 11.5 Å². The van der Waals surface area contributed by atoms with Crippen molar-refractivity contribution < 1.29 is 0 Å². The Kier molecular flexibility index (Phi) is 2.11. The first kappa shape index (κ1) is 8.99. The average Bonchev–Trinajstić information content (AvgIpc) is 2.59. The van der Waals surface area contributed by atoms with Gasteiger partial charge in [-0.2, -0.15) is 0 Å². The molecule has 0 bridgehead atoms. The second kappa shape index (κ2) is 3.29. The van der Waals surface area contributed by atoms with Crippen molar-refractivity contribution in [3.8, 4) is 0 Å². The van der Waals surface area contributed by atoms with Crippen LogP contribution >= 0.6 is 0 Å². The highest BCUT2D eigenvalue weighted by Crippen LogP contribution is 2.16. The van der Waals surface area contributed by atoms with Gasteiger partial charge in [0, 0.05) is 19.4 Å². The van der Waals surface area contributed by atoms with E-state index in [2.05, 4.69) is 35.3 Å². The Morgan fingerprint density at radius 2 is 2.14 bits per heavy atom. The van der Waals surface area contributed by atoms with Gasteiger partial charge in [0.2, 0.25) is 0 Å². The molecule has 2 aromatic heterocycles. The highest BCUT2D eigenvalue weighted by Gasteiger charge is 2.05. The Labute approximate surface area is 83.0 Å². The van der Waals surface area contributed by atoms with Crippen LogP contribution in [0.15, 0.2) is 18.7 Å². The predicted octanol–water partition coefficient (Wildman–Crippen LogP) is 1.89. The number of nitrogens with zero attached hydrogens (tertiary/aromatic N) is 3. The summed E-state index contributed by atoms with van der Waals surface area (Å²) in [6.45, 7) is 4.30. The van der Waals surface area contributed by atoms with Gasteiger partial charge in [0.1, 0.15) is 6.33 Å². The lowest BCUT2D eigenvalue weighted by atomic mass is 10.1. The van der Waals surface area contributed by atoms with Crippen molar-refractivity contribution in [3.63, 3.8) is 0 Å². The second-order valence-corrected chi connectivity index (χ2v) is 3.62. The van der Waals surface area contributed by atoms with Crippen LogP contribution in [-0.4, -0.2) is 21.4 Å². The first-order valence-corrected chi connectivity index (χ1v) is 4.72. The number of hydrogen-bond acceptors (Lipinski definition) is 3. The molecule has 0 spiro atoms. The van der Waals surface area contributed by atoms with Crippen molar-refractivity contribution in [2.24, 2.45) is 0 Å². The molecule has 0 radical (unpaired) electrons. The monoisotopic (exact) mass is 190 g/mol. The number of nitrogens with one attached hydrogen (secondary N) is 1. The summed E-state index contributed by atoms with van der Waals surface area (Å²) in [4.78, 5) is 8.57. The lowest BCUT2D eigenvalue weighted by molar-refractivity contribution is 0.842. The minimum Gasteiger partial charge on any atom is -0.370 e. The molecule has 2 heterocycles. The summed E-state index contributed by atoms with van der Waals surface area (Å²) in [5, 5.41) is 3.00. The van der Waals surface area contributed by atoms with Gasteiger partial charge in [0.15, 0.2) is 11.5 Å². The third-order valence-corrected chi connectivity index (χ3v) is 2.30. The summed E-state index contributed by atoms with van der Waals surface area (Å²) in [6.07, 6.45) is 5.75. The largest absolute Gasteiger partial charge is 0.370 e. The van der Waals surface area contributed by atoms with E-state index in [1.165, 1.54) is 5.56 Å². The molecule has 0 atom stereocenters. The van der Waals surface area contributed by atoms with Crippen molar-refractivity contribution in [3.05, 3.63) is 24.3 Å². The van der Waals surface area contributed by atoms with Gasteiger partial charge in [-0.3, -0.25) is 4.40 Å². The van der Waals surface area contributed by atoms with Crippen LogP contribution in [0.2, 0.25) is 0 Å².